The van der Waals surface area contributed by atoms with E-state index >= 15 is 0 Å². The van der Waals surface area contributed by atoms with Crippen LogP contribution in [0.1, 0.15) is 27.9 Å². The first-order chi connectivity index (χ1) is 12.6. The van der Waals surface area contributed by atoms with Crippen LogP contribution in [0.4, 0.5) is 11.5 Å². The van der Waals surface area contributed by atoms with Gasteiger partial charge >= 0.3 is 0 Å². The second kappa shape index (κ2) is 6.68. The lowest BCUT2D eigenvalue weighted by atomic mass is 10.1. The second-order valence-corrected chi connectivity index (χ2v) is 6.89. The topological polar surface area (TPSA) is 29.3 Å². The highest BCUT2D eigenvalue weighted by atomic mass is 15.1. The minimum atomic E-state index is 0.800. The molecule has 0 saturated heterocycles. The Bertz CT molecular complexity index is 1040. The van der Waals surface area contributed by atoms with Crippen LogP contribution in [0.5, 0.6) is 0 Å². The monoisotopic (exact) mass is 341 g/mol. The molecule has 0 unspecified atom stereocenters. The highest BCUT2D eigenvalue weighted by Gasteiger charge is 2.15. The van der Waals surface area contributed by atoms with Crippen molar-refractivity contribution in [2.24, 2.45) is 0 Å². The molecular weight excluding hydrogens is 318 g/mol. The molecule has 0 atom stereocenters. The fourth-order valence-corrected chi connectivity index (χ4v) is 3.37. The molecule has 0 bridgehead atoms. The van der Waals surface area contributed by atoms with Gasteiger partial charge in [0.25, 0.3) is 0 Å². The molecule has 0 saturated carbocycles. The molecule has 0 aliphatic heterocycles. The summed E-state index contributed by atoms with van der Waals surface area (Å²) >= 11 is 0. The van der Waals surface area contributed by atoms with E-state index in [0.717, 1.165) is 29.3 Å². The van der Waals surface area contributed by atoms with Crippen molar-refractivity contribution in [2.45, 2.75) is 27.2 Å². The van der Waals surface area contributed by atoms with Crippen LogP contribution in [-0.2, 0) is 6.42 Å². The quantitative estimate of drug-likeness (QED) is 0.524. The second-order valence-electron chi connectivity index (χ2n) is 6.89. The summed E-state index contributed by atoms with van der Waals surface area (Å²) in [7, 11) is 0. The predicted molar refractivity (Wildman–Crippen MR) is 108 cm³/mol. The number of aryl methyl sites for hydroxylation is 3. The molecule has 0 fully saturated rings. The van der Waals surface area contributed by atoms with Crippen molar-refractivity contribution in [3.63, 3.8) is 0 Å². The predicted octanol–water partition coefficient (Wildman–Crippen LogP) is 5.59. The number of hydrogen-bond donors (Lipinski definition) is 1. The van der Waals surface area contributed by atoms with Gasteiger partial charge in [0.05, 0.1) is 5.69 Å². The highest BCUT2D eigenvalue weighted by Crippen LogP contribution is 2.29. The van der Waals surface area contributed by atoms with Crippen LogP contribution in [-0.4, -0.2) is 9.38 Å². The standard InChI is InChI=1S/C23H23N3/c1-16-12-13-26-21(14-16)24-20(15-19-10-5-4-6-11-19)23(26)25-22-17(2)8-7-9-18(22)3/h4-14,25H,15H2,1-3H3. The van der Waals surface area contributed by atoms with Crippen molar-refractivity contribution >= 4 is 17.2 Å². The molecular formula is C23H23N3. The van der Waals surface area contributed by atoms with Gasteiger partial charge in [-0.2, -0.15) is 0 Å². The maximum Gasteiger partial charge on any atom is 0.138 e. The molecule has 0 aliphatic carbocycles. The van der Waals surface area contributed by atoms with Gasteiger partial charge in [-0.3, -0.25) is 4.40 Å². The summed E-state index contributed by atoms with van der Waals surface area (Å²) in [5, 5.41) is 3.67. The molecule has 3 nitrogen and oxygen atoms in total. The lowest BCUT2D eigenvalue weighted by Gasteiger charge is -2.14. The summed E-state index contributed by atoms with van der Waals surface area (Å²) in [4.78, 5) is 4.92. The lowest BCUT2D eigenvalue weighted by molar-refractivity contribution is 1.11. The van der Waals surface area contributed by atoms with Gasteiger partial charge in [-0.1, -0.05) is 48.5 Å². The average molecular weight is 341 g/mol. The first-order valence-corrected chi connectivity index (χ1v) is 8.96. The Balaban J connectivity index is 1.84. The Morgan fingerprint density at radius 1 is 0.885 bits per heavy atom. The zero-order valence-corrected chi connectivity index (χ0v) is 15.5. The van der Waals surface area contributed by atoms with Crippen LogP contribution in [0.3, 0.4) is 0 Å². The van der Waals surface area contributed by atoms with Crippen LogP contribution >= 0.6 is 0 Å². The van der Waals surface area contributed by atoms with Gasteiger partial charge in [0.15, 0.2) is 0 Å². The van der Waals surface area contributed by atoms with Crippen molar-refractivity contribution in [1.82, 2.24) is 9.38 Å². The Labute approximate surface area is 154 Å². The molecule has 0 spiro atoms. The lowest BCUT2D eigenvalue weighted by Crippen LogP contribution is -2.02. The Kier molecular flexibility index (Phi) is 4.21. The molecule has 2 heterocycles. The van der Waals surface area contributed by atoms with Crippen LogP contribution < -0.4 is 5.32 Å². The number of nitrogens with one attached hydrogen (secondary N) is 1. The molecule has 2 aromatic heterocycles. The van der Waals surface area contributed by atoms with E-state index in [1.165, 1.54) is 22.3 Å². The van der Waals surface area contributed by atoms with Gasteiger partial charge < -0.3 is 5.32 Å². The maximum absolute atomic E-state index is 4.92. The maximum atomic E-state index is 4.92. The van der Waals surface area contributed by atoms with Gasteiger partial charge in [-0.05, 0) is 55.2 Å². The summed E-state index contributed by atoms with van der Waals surface area (Å²) in [6.07, 6.45) is 2.90. The molecule has 130 valence electrons. The largest absolute Gasteiger partial charge is 0.339 e. The molecule has 0 amide bonds. The van der Waals surface area contributed by atoms with Crippen molar-refractivity contribution in [3.05, 3.63) is 94.8 Å². The molecule has 4 aromatic rings. The number of aromatic nitrogens is 2. The number of fused-ring (bicyclic) bond motifs is 1. The summed E-state index contributed by atoms with van der Waals surface area (Å²) in [6.45, 7) is 6.38. The fraction of sp³-hybridized carbons (Fsp3) is 0.174. The third-order valence-electron chi connectivity index (χ3n) is 4.79. The average Bonchev–Trinajstić information content (AvgIpc) is 2.95. The van der Waals surface area contributed by atoms with Crippen LogP contribution in [0.25, 0.3) is 5.65 Å². The number of hydrogen-bond acceptors (Lipinski definition) is 2. The van der Waals surface area contributed by atoms with E-state index in [2.05, 4.69) is 91.3 Å². The molecule has 4 rings (SSSR count). The van der Waals surface area contributed by atoms with Crippen molar-refractivity contribution in [3.8, 4) is 0 Å². The number of para-hydroxylation sites is 1. The van der Waals surface area contributed by atoms with Crippen LogP contribution in [0.2, 0.25) is 0 Å². The molecule has 2 aromatic carbocycles. The van der Waals surface area contributed by atoms with Crippen molar-refractivity contribution < 1.29 is 0 Å². The molecule has 3 heteroatoms. The van der Waals surface area contributed by atoms with E-state index in [0.29, 0.717) is 0 Å². The van der Waals surface area contributed by atoms with Crippen LogP contribution in [0, 0.1) is 20.8 Å². The van der Waals surface area contributed by atoms with E-state index in [4.69, 9.17) is 4.98 Å². The zero-order valence-electron chi connectivity index (χ0n) is 15.5. The van der Waals surface area contributed by atoms with E-state index in [1.54, 1.807) is 0 Å². The van der Waals surface area contributed by atoms with Gasteiger partial charge in [0, 0.05) is 18.3 Å². The SMILES string of the molecule is Cc1ccn2c(Nc3c(C)cccc3C)c(Cc3ccccc3)nc2c1. The third kappa shape index (κ3) is 3.08. The van der Waals surface area contributed by atoms with E-state index in [9.17, 15) is 0 Å². The third-order valence-corrected chi connectivity index (χ3v) is 4.79. The highest BCUT2D eigenvalue weighted by molar-refractivity contribution is 5.69. The van der Waals surface area contributed by atoms with Gasteiger partial charge in [-0.25, -0.2) is 4.98 Å². The zero-order chi connectivity index (χ0) is 18.1. The smallest absolute Gasteiger partial charge is 0.138 e. The van der Waals surface area contributed by atoms with E-state index in [-0.39, 0.29) is 0 Å². The summed E-state index contributed by atoms with van der Waals surface area (Å²) < 4.78 is 2.15. The molecule has 0 radical (unpaired) electrons. The Hall–Kier alpha value is -3.07. The minimum Gasteiger partial charge on any atom is -0.339 e. The first-order valence-electron chi connectivity index (χ1n) is 8.96. The van der Waals surface area contributed by atoms with E-state index < -0.39 is 0 Å². The Morgan fingerprint density at radius 2 is 1.62 bits per heavy atom. The number of benzene rings is 2. The van der Waals surface area contributed by atoms with Crippen LogP contribution in [0.15, 0.2) is 66.9 Å². The number of pyridine rings is 1. The number of imidazole rings is 1. The summed E-state index contributed by atoms with van der Waals surface area (Å²) in [5.41, 5.74) is 8.14. The number of rotatable bonds is 4. The van der Waals surface area contributed by atoms with Crippen molar-refractivity contribution in [1.29, 1.82) is 0 Å². The number of anilines is 2. The van der Waals surface area contributed by atoms with Crippen molar-refractivity contribution in [2.75, 3.05) is 5.32 Å². The fourth-order valence-electron chi connectivity index (χ4n) is 3.37. The first kappa shape index (κ1) is 16.4. The van der Waals surface area contributed by atoms with E-state index in [1.807, 2.05) is 6.07 Å². The summed E-state index contributed by atoms with van der Waals surface area (Å²) in [5.74, 6) is 1.04. The van der Waals surface area contributed by atoms with Gasteiger partial charge in [0.2, 0.25) is 0 Å². The minimum absolute atomic E-state index is 0.800. The van der Waals surface area contributed by atoms with Gasteiger partial charge in [-0.15, -0.1) is 0 Å². The molecule has 0 aliphatic rings. The van der Waals surface area contributed by atoms with Gasteiger partial charge in [0.1, 0.15) is 11.5 Å². The number of nitrogens with zero attached hydrogens (tertiary/aromatic N) is 2. The molecule has 1 N–H and O–H groups in total. The summed E-state index contributed by atoms with van der Waals surface area (Å²) in [6, 6.07) is 21.1. The normalized spacial score (nSPS) is 11.0. The Morgan fingerprint density at radius 3 is 2.35 bits per heavy atom. The molecule has 26 heavy (non-hydrogen) atoms.